The number of benzene rings is 1. The lowest BCUT2D eigenvalue weighted by Crippen LogP contribution is -2.48. The Morgan fingerprint density at radius 2 is 1.47 bits per heavy atom. The fraction of sp³-hybridized carbons (Fsp3) is 0.750. The molecule has 0 spiro atoms. The Morgan fingerprint density at radius 1 is 0.860 bits per heavy atom. The van der Waals surface area contributed by atoms with Crippen molar-refractivity contribution in [3.63, 3.8) is 0 Å². The average molecular weight is 602 g/mol. The van der Waals surface area contributed by atoms with E-state index in [0.29, 0.717) is 12.8 Å². The highest BCUT2D eigenvalue weighted by molar-refractivity contribution is 5.81. The van der Waals surface area contributed by atoms with Gasteiger partial charge in [0.2, 0.25) is 0 Å². The highest BCUT2D eigenvalue weighted by atomic mass is 16.6. The molecule has 1 fully saturated rings. The van der Waals surface area contributed by atoms with Gasteiger partial charge in [0.15, 0.2) is 0 Å². The first kappa shape index (κ1) is 36.6. The third kappa shape index (κ3) is 15.6. The monoisotopic (exact) mass is 601 g/mol. The van der Waals surface area contributed by atoms with Crippen molar-refractivity contribution < 1.29 is 28.6 Å². The van der Waals surface area contributed by atoms with E-state index in [2.05, 4.69) is 19.2 Å². The molecule has 2 rings (SSSR count). The van der Waals surface area contributed by atoms with Crippen molar-refractivity contribution in [2.45, 2.75) is 162 Å². The van der Waals surface area contributed by atoms with Crippen LogP contribution in [0.5, 0.6) is 0 Å². The van der Waals surface area contributed by atoms with Gasteiger partial charge < -0.3 is 19.5 Å². The first-order valence-corrected chi connectivity index (χ1v) is 17.2. The van der Waals surface area contributed by atoms with E-state index in [1.807, 2.05) is 44.2 Å². The number of nitrogens with one attached hydrogen (secondary N) is 1. The predicted molar refractivity (Wildman–Crippen MR) is 171 cm³/mol. The van der Waals surface area contributed by atoms with Gasteiger partial charge >= 0.3 is 18.0 Å². The second-order valence-corrected chi connectivity index (χ2v) is 12.7. The summed E-state index contributed by atoms with van der Waals surface area (Å²) >= 11 is 0. The van der Waals surface area contributed by atoms with Gasteiger partial charge in [0.1, 0.15) is 24.9 Å². The van der Waals surface area contributed by atoms with E-state index in [-0.39, 0.29) is 36.6 Å². The van der Waals surface area contributed by atoms with Gasteiger partial charge in [0, 0.05) is 6.42 Å². The highest BCUT2D eigenvalue weighted by Gasteiger charge is 2.43. The van der Waals surface area contributed by atoms with Gasteiger partial charge in [0.25, 0.3) is 0 Å². The molecule has 1 saturated heterocycles. The van der Waals surface area contributed by atoms with E-state index in [4.69, 9.17) is 14.2 Å². The lowest BCUT2D eigenvalue weighted by atomic mass is 9.86. The van der Waals surface area contributed by atoms with Crippen molar-refractivity contribution in [3.05, 3.63) is 35.9 Å². The minimum absolute atomic E-state index is 0.112. The summed E-state index contributed by atoms with van der Waals surface area (Å²) in [7, 11) is 0. The number of unbranched alkanes of at least 4 members (excludes halogenated alkanes) is 11. The lowest BCUT2D eigenvalue weighted by Gasteiger charge is -2.37. The van der Waals surface area contributed by atoms with Crippen LogP contribution in [0, 0.1) is 11.8 Å². The Labute approximate surface area is 261 Å². The smallest absolute Gasteiger partial charge is 0.408 e. The number of hydrogen-bond donors (Lipinski definition) is 1. The minimum atomic E-state index is -0.803. The standard InChI is InChI=1S/C36H59NO6/c1-5-7-9-11-12-13-14-15-19-23-30(26-33-31(34(38)43-33)24-20-10-8-6-2)42-35(39)32(25-28(3)4)37-36(40)41-27-29-21-17-16-18-22-29/h16-18,21-22,28,30-33H,5-15,19-20,23-27H2,1-4H3,(H,37,40)/t30-,31-,32?,33-/m0/s1. The number of amides is 1. The zero-order chi connectivity index (χ0) is 31.3. The molecule has 7 nitrogen and oxygen atoms in total. The second-order valence-electron chi connectivity index (χ2n) is 12.7. The van der Waals surface area contributed by atoms with Crippen molar-refractivity contribution in [2.24, 2.45) is 11.8 Å². The number of ether oxygens (including phenoxy) is 3. The number of carbonyl (C=O) groups excluding carboxylic acids is 3. The summed E-state index contributed by atoms with van der Waals surface area (Å²) in [6, 6.07) is 8.64. The molecule has 4 atom stereocenters. The maximum atomic E-state index is 13.4. The van der Waals surface area contributed by atoms with Gasteiger partial charge in [-0.25, -0.2) is 9.59 Å². The number of esters is 2. The summed E-state index contributed by atoms with van der Waals surface area (Å²) in [6.07, 6.45) is 16.7. The summed E-state index contributed by atoms with van der Waals surface area (Å²) in [5.74, 6) is -0.520. The molecule has 7 heteroatoms. The van der Waals surface area contributed by atoms with Crippen LogP contribution in [-0.4, -0.2) is 36.3 Å². The average Bonchev–Trinajstić information content (AvgIpc) is 2.98. The number of alkyl carbamates (subject to hydrolysis) is 1. The molecule has 0 bridgehead atoms. The van der Waals surface area contributed by atoms with Gasteiger partial charge in [-0.3, -0.25) is 4.79 Å². The number of carbonyl (C=O) groups is 3. The largest absolute Gasteiger partial charge is 0.461 e. The Kier molecular flexibility index (Phi) is 18.7. The molecule has 1 aliphatic heterocycles. The maximum Gasteiger partial charge on any atom is 0.408 e. The molecule has 1 aromatic rings. The van der Waals surface area contributed by atoms with Crippen LogP contribution >= 0.6 is 0 Å². The van der Waals surface area contributed by atoms with Crippen molar-refractivity contribution in [2.75, 3.05) is 0 Å². The topological polar surface area (TPSA) is 90.9 Å². The summed E-state index contributed by atoms with van der Waals surface area (Å²) in [4.78, 5) is 38.3. The Balaban J connectivity index is 1.94. The van der Waals surface area contributed by atoms with E-state index in [1.54, 1.807) is 0 Å². The molecule has 0 radical (unpaired) electrons. The van der Waals surface area contributed by atoms with Crippen LogP contribution in [0.4, 0.5) is 4.79 Å². The summed E-state index contributed by atoms with van der Waals surface area (Å²) in [6.45, 7) is 8.56. The molecule has 0 saturated carbocycles. The fourth-order valence-corrected chi connectivity index (χ4v) is 5.71. The first-order chi connectivity index (χ1) is 20.8. The molecule has 0 aromatic heterocycles. The van der Waals surface area contributed by atoms with Gasteiger partial charge in [-0.1, -0.05) is 135 Å². The molecule has 0 aliphatic carbocycles. The van der Waals surface area contributed by atoms with Crippen molar-refractivity contribution in [1.82, 2.24) is 5.32 Å². The van der Waals surface area contributed by atoms with Crippen LogP contribution in [0.25, 0.3) is 0 Å². The quantitative estimate of drug-likeness (QED) is 0.0722. The van der Waals surface area contributed by atoms with E-state index in [0.717, 1.165) is 50.5 Å². The Hall–Kier alpha value is -2.57. The zero-order valence-corrected chi connectivity index (χ0v) is 27.5. The number of cyclic esters (lactones) is 1. The van der Waals surface area contributed by atoms with Gasteiger partial charge in [-0.15, -0.1) is 0 Å². The third-order valence-electron chi connectivity index (χ3n) is 8.29. The third-order valence-corrected chi connectivity index (χ3v) is 8.29. The second kappa shape index (κ2) is 22.0. The lowest BCUT2D eigenvalue weighted by molar-refractivity contribution is -0.190. The van der Waals surface area contributed by atoms with Crippen LogP contribution in [0.1, 0.15) is 142 Å². The summed E-state index contributed by atoms with van der Waals surface area (Å²) in [5.41, 5.74) is 0.876. The maximum absolute atomic E-state index is 13.4. The fourth-order valence-electron chi connectivity index (χ4n) is 5.71. The molecule has 1 aliphatic rings. The number of rotatable bonds is 24. The molecular weight excluding hydrogens is 542 g/mol. The van der Waals surface area contributed by atoms with Crippen LogP contribution < -0.4 is 5.32 Å². The van der Waals surface area contributed by atoms with Crippen LogP contribution in [0.15, 0.2) is 30.3 Å². The van der Waals surface area contributed by atoms with E-state index < -0.39 is 18.1 Å². The van der Waals surface area contributed by atoms with Crippen LogP contribution in [-0.2, 0) is 30.4 Å². The zero-order valence-electron chi connectivity index (χ0n) is 27.5. The van der Waals surface area contributed by atoms with Crippen molar-refractivity contribution in [3.8, 4) is 0 Å². The summed E-state index contributed by atoms with van der Waals surface area (Å²) in [5, 5.41) is 2.74. The van der Waals surface area contributed by atoms with Crippen molar-refractivity contribution in [1.29, 1.82) is 0 Å². The predicted octanol–water partition coefficient (Wildman–Crippen LogP) is 9.06. The molecule has 1 N–H and O–H groups in total. The molecule has 1 aromatic carbocycles. The molecule has 244 valence electrons. The van der Waals surface area contributed by atoms with Crippen molar-refractivity contribution >= 4 is 18.0 Å². The van der Waals surface area contributed by atoms with E-state index >= 15 is 0 Å². The SMILES string of the molecule is CCCCCCCCCCC[C@@H](C[C@@H]1OC(=O)[C@H]1CCCCCC)OC(=O)C(CC(C)C)NC(=O)OCc1ccccc1. The van der Waals surface area contributed by atoms with E-state index in [1.165, 1.54) is 51.4 Å². The first-order valence-electron chi connectivity index (χ1n) is 17.2. The van der Waals surface area contributed by atoms with Gasteiger partial charge in [0.05, 0.1) is 5.92 Å². The van der Waals surface area contributed by atoms with Gasteiger partial charge in [-0.05, 0) is 37.2 Å². The Morgan fingerprint density at radius 3 is 2.07 bits per heavy atom. The molecular formula is C36H59NO6. The molecule has 1 heterocycles. The van der Waals surface area contributed by atoms with Crippen LogP contribution in [0.2, 0.25) is 0 Å². The van der Waals surface area contributed by atoms with Crippen LogP contribution in [0.3, 0.4) is 0 Å². The summed E-state index contributed by atoms with van der Waals surface area (Å²) < 4.78 is 17.0. The highest BCUT2D eigenvalue weighted by Crippen LogP contribution is 2.33. The number of hydrogen-bond acceptors (Lipinski definition) is 6. The van der Waals surface area contributed by atoms with Gasteiger partial charge in [-0.2, -0.15) is 0 Å². The van der Waals surface area contributed by atoms with E-state index in [9.17, 15) is 14.4 Å². The normalized spacial score (nSPS) is 17.6. The molecule has 1 amide bonds. The molecule has 1 unspecified atom stereocenters. The Bertz CT molecular complexity index is 904. The molecule has 43 heavy (non-hydrogen) atoms. The minimum Gasteiger partial charge on any atom is -0.461 e.